The highest BCUT2D eigenvalue weighted by molar-refractivity contribution is 5.76. The summed E-state index contributed by atoms with van der Waals surface area (Å²) in [7, 11) is 0. The van der Waals surface area contributed by atoms with Crippen molar-refractivity contribution in [3.63, 3.8) is 0 Å². The van der Waals surface area contributed by atoms with Gasteiger partial charge in [-0.1, -0.05) is 36.4 Å². The fourth-order valence-electron chi connectivity index (χ4n) is 6.78. The van der Waals surface area contributed by atoms with Gasteiger partial charge in [-0.25, -0.2) is 0 Å². The van der Waals surface area contributed by atoms with Crippen molar-refractivity contribution in [2.24, 2.45) is 11.3 Å². The standard InChI is InChI=1S/C32H39N5O/c33-14-3-16-36(17-4-15-34)30-9-7-26(8-10-30)24-35-18-11-32(25-35)12-19-37(20-13-32)31(38)23-27-21-28-5-1-2-6-29(28)22-27/h1-2,5-10,27H,3-4,11-13,16-25H2. The lowest BCUT2D eigenvalue weighted by molar-refractivity contribution is -0.134. The molecule has 0 atom stereocenters. The van der Waals surface area contributed by atoms with Crippen LogP contribution >= 0.6 is 0 Å². The summed E-state index contributed by atoms with van der Waals surface area (Å²) in [6.45, 7) is 6.30. The van der Waals surface area contributed by atoms with Gasteiger partial charge in [0.25, 0.3) is 0 Å². The molecule has 2 saturated heterocycles. The van der Waals surface area contributed by atoms with Crippen LogP contribution in [-0.2, 0) is 24.2 Å². The van der Waals surface area contributed by atoms with E-state index < -0.39 is 0 Å². The summed E-state index contributed by atoms with van der Waals surface area (Å²) in [5, 5.41) is 17.9. The molecule has 0 radical (unpaired) electrons. The number of likely N-dealkylation sites (tertiary alicyclic amines) is 2. The van der Waals surface area contributed by atoms with E-state index in [1.807, 2.05) is 0 Å². The van der Waals surface area contributed by atoms with E-state index in [1.165, 1.54) is 23.1 Å². The molecular weight excluding hydrogens is 470 g/mol. The van der Waals surface area contributed by atoms with Gasteiger partial charge in [0.1, 0.15) is 0 Å². The van der Waals surface area contributed by atoms with Gasteiger partial charge >= 0.3 is 0 Å². The Hall–Kier alpha value is -3.35. The Labute approximate surface area is 227 Å². The highest BCUT2D eigenvalue weighted by Crippen LogP contribution is 2.41. The second-order valence-corrected chi connectivity index (χ2v) is 11.6. The third kappa shape index (κ3) is 6.20. The maximum Gasteiger partial charge on any atom is 0.222 e. The molecule has 198 valence electrons. The number of hydrogen-bond acceptors (Lipinski definition) is 5. The summed E-state index contributed by atoms with van der Waals surface area (Å²) < 4.78 is 0. The molecule has 0 N–H and O–H groups in total. The van der Waals surface area contributed by atoms with Gasteiger partial charge in [0.05, 0.1) is 25.0 Å². The fraction of sp³-hybridized carbons (Fsp3) is 0.531. The van der Waals surface area contributed by atoms with E-state index in [0.717, 1.165) is 64.1 Å². The Bertz CT molecular complexity index is 1140. The minimum absolute atomic E-state index is 0.353. The Morgan fingerprint density at radius 1 is 0.895 bits per heavy atom. The number of amides is 1. The number of fused-ring (bicyclic) bond motifs is 1. The first-order valence-corrected chi connectivity index (χ1v) is 14.2. The van der Waals surface area contributed by atoms with Crippen LogP contribution in [-0.4, -0.2) is 55.0 Å². The molecule has 2 aromatic carbocycles. The third-order valence-corrected chi connectivity index (χ3v) is 8.99. The highest BCUT2D eigenvalue weighted by atomic mass is 16.2. The predicted molar refractivity (Wildman–Crippen MR) is 149 cm³/mol. The van der Waals surface area contributed by atoms with E-state index >= 15 is 0 Å². The summed E-state index contributed by atoms with van der Waals surface area (Å²) in [5.41, 5.74) is 5.59. The number of carbonyl (C=O) groups excluding carboxylic acids is 1. The largest absolute Gasteiger partial charge is 0.369 e. The monoisotopic (exact) mass is 509 g/mol. The van der Waals surface area contributed by atoms with Crippen molar-refractivity contribution in [3.05, 3.63) is 65.2 Å². The summed E-state index contributed by atoms with van der Waals surface area (Å²) in [6, 6.07) is 21.7. The van der Waals surface area contributed by atoms with Crippen molar-refractivity contribution in [2.75, 3.05) is 44.2 Å². The van der Waals surface area contributed by atoms with Crippen molar-refractivity contribution >= 4 is 11.6 Å². The number of piperidine rings is 1. The molecule has 1 spiro atoms. The topological polar surface area (TPSA) is 74.4 Å². The minimum Gasteiger partial charge on any atom is -0.369 e. The van der Waals surface area contributed by atoms with Crippen LogP contribution in [0.1, 0.15) is 55.2 Å². The van der Waals surface area contributed by atoms with Gasteiger partial charge in [0.2, 0.25) is 5.91 Å². The SMILES string of the molecule is N#CCCN(CCC#N)c1ccc(CN2CCC3(CCN(C(=O)CC4Cc5ccccc5C4)CC3)C2)cc1. The molecule has 3 aliphatic rings. The second kappa shape index (κ2) is 12.0. The van der Waals surface area contributed by atoms with E-state index in [4.69, 9.17) is 10.5 Å². The summed E-state index contributed by atoms with van der Waals surface area (Å²) in [5.74, 6) is 0.820. The number of hydrogen-bond donors (Lipinski definition) is 0. The Kier molecular flexibility index (Phi) is 8.30. The van der Waals surface area contributed by atoms with Crippen LogP contribution in [0.25, 0.3) is 0 Å². The van der Waals surface area contributed by atoms with Crippen LogP contribution in [0.2, 0.25) is 0 Å². The van der Waals surface area contributed by atoms with Gasteiger partial charge in [-0.05, 0) is 78.8 Å². The van der Waals surface area contributed by atoms with Crippen molar-refractivity contribution in [1.82, 2.24) is 9.80 Å². The Morgan fingerprint density at radius 2 is 1.50 bits per heavy atom. The van der Waals surface area contributed by atoms with Gasteiger partial charge in [-0.2, -0.15) is 10.5 Å². The zero-order chi connectivity index (χ0) is 26.4. The normalized spacial score (nSPS) is 18.7. The number of carbonyl (C=O) groups is 1. The molecule has 6 heteroatoms. The van der Waals surface area contributed by atoms with Crippen LogP contribution in [0.5, 0.6) is 0 Å². The smallest absolute Gasteiger partial charge is 0.222 e. The molecular formula is C32H39N5O. The molecule has 0 unspecified atom stereocenters. The van der Waals surface area contributed by atoms with Gasteiger partial charge in [-0.3, -0.25) is 9.69 Å². The molecule has 2 aromatic rings. The predicted octanol–water partition coefficient (Wildman–Crippen LogP) is 4.94. The lowest BCUT2D eigenvalue weighted by Crippen LogP contribution is -2.44. The molecule has 1 amide bonds. The van der Waals surface area contributed by atoms with Gasteiger partial charge < -0.3 is 9.80 Å². The molecule has 6 nitrogen and oxygen atoms in total. The van der Waals surface area contributed by atoms with Gasteiger partial charge in [0, 0.05) is 51.4 Å². The number of nitrogens with zero attached hydrogens (tertiary/aromatic N) is 5. The molecule has 0 aromatic heterocycles. The lowest BCUT2D eigenvalue weighted by atomic mass is 9.77. The number of nitriles is 2. The van der Waals surface area contributed by atoms with E-state index in [0.29, 0.717) is 49.6 Å². The molecule has 2 fully saturated rings. The maximum absolute atomic E-state index is 13.1. The van der Waals surface area contributed by atoms with Crippen molar-refractivity contribution in [1.29, 1.82) is 10.5 Å². The molecule has 38 heavy (non-hydrogen) atoms. The molecule has 2 heterocycles. The quantitative estimate of drug-likeness (QED) is 0.479. The number of benzene rings is 2. The van der Waals surface area contributed by atoms with Crippen LogP contribution in [0.4, 0.5) is 5.69 Å². The average molecular weight is 510 g/mol. The van der Waals surface area contributed by atoms with Crippen LogP contribution < -0.4 is 4.90 Å². The highest BCUT2D eigenvalue weighted by Gasteiger charge is 2.41. The fourth-order valence-corrected chi connectivity index (χ4v) is 6.78. The Balaban J connectivity index is 1.08. The molecule has 0 saturated carbocycles. The third-order valence-electron chi connectivity index (χ3n) is 8.99. The molecule has 0 bridgehead atoms. The van der Waals surface area contributed by atoms with Crippen LogP contribution in [0.15, 0.2) is 48.5 Å². The number of rotatable bonds is 9. The van der Waals surface area contributed by atoms with Crippen molar-refractivity contribution in [2.45, 2.75) is 57.9 Å². The summed E-state index contributed by atoms with van der Waals surface area (Å²) >= 11 is 0. The minimum atomic E-state index is 0.353. The van der Waals surface area contributed by atoms with E-state index in [-0.39, 0.29) is 0 Å². The first kappa shape index (κ1) is 26.3. The van der Waals surface area contributed by atoms with Crippen LogP contribution in [0, 0.1) is 34.0 Å². The summed E-state index contributed by atoms with van der Waals surface area (Å²) in [6.07, 6.45) is 7.16. The van der Waals surface area contributed by atoms with E-state index in [9.17, 15) is 4.79 Å². The van der Waals surface area contributed by atoms with Crippen LogP contribution in [0.3, 0.4) is 0 Å². The first-order valence-electron chi connectivity index (χ1n) is 14.2. The molecule has 1 aliphatic carbocycles. The molecule has 2 aliphatic heterocycles. The zero-order valence-corrected chi connectivity index (χ0v) is 22.4. The van der Waals surface area contributed by atoms with Gasteiger partial charge in [-0.15, -0.1) is 0 Å². The van der Waals surface area contributed by atoms with Crippen molar-refractivity contribution < 1.29 is 4.79 Å². The first-order chi connectivity index (χ1) is 18.6. The van der Waals surface area contributed by atoms with E-state index in [2.05, 4.69) is 75.4 Å². The Morgan fingerprint density at radius 3 is 2.11 bits per heavy atom. The zero-order valence-electron chi connectivity index (χ0n) is 22.4. The average Bonchev–Trinajstić information content (AvgIpc) is 3.53. The summed E-state index contributed by atoms with van der Waals surface area (Å²) in [4.78, 5) is 19.9. The van der Waals surface area contributed by atoms with Gasteiger partial charge in [0.15, 0.2) is 0 Å². The number of anilines is 1. The van der Waals surface area contributed by atoms with Crippen molar-refractivity contribution in [3.8, 4) is 12.1 Å². The van der Waals surface area contributed by atoms with E-state index in [1.54, 1.807) is 0 Å². The maximum atomic E-state index is 13.1. The molecule has 5 rings (SSSR count). The second-order valence-electron chi connectivity index (χ2n) is 11.6. The lowest BCUT2D eigenvalue weighted by Gasteiger charge is -2.39.